The van der Waals surface area contributed by atoms with Gasteiger partial charge in [-0.2, -0.15) is 0 Å². The number of hydrogen-bond acceptors (Lipinski definition) is 4. The van der Waals surface area contributed by atoms with E-state index in [9.17, 15) is 14.4 Å². The molecular weight excluding hydrogens is 439 g/mol. The highest BCUT2D eigenvalue weighted by molar-refractivity contribution is 9.10. The van der Waals surface area contributed by atoms with Crippen molar-refractivity contribution in [1.29, 1.82) is 0 Å². The van der Waals surface area contributed by atoms with Gasteiger partial charge in [0.1, 0.15) is 6.17 Å². The average molecular weight is 469 g/mol. The first-order valence-corrected chi connectivity index (χ1v) is 11.5. The Morgan fingerprint density at radius 3 is 2.45 bits per heavy atom. The van der Waals surface area contributed by atoms with Crippen LogP contribution < -0.4 is 0 Å². The van der Waals surface area contributed by atoms with E-state index in [-0.39, 0.29) is 29.8 Å². The molecule has 1 unspecified atom stereocenters. The predicted molar refractivity (Wildman–Crippen MR) is 110 cm³/mol. The maximum atomic E-state index is 16.2. The van der Waals surface area contributed by atoms with Crippen molar-refractivity contribution >= 4 is 33.5 Å². The summed E-state index contributed by atoms with van der Waals surface area (Å²) in [5, 5.41) is 0. The highest BCUT2D eigenvalue weighted by Gasteiger charge is 2.74. The van der Waals surface area contributed by atoms with Crippen LogP contribution in [0, 0.1) is 22.7 Å². The molecule has 0 radical (unpaired) electrons. The van der Waals surface area contributed by atoms with E-state index in [0.717, 1.165) is 24.8 Å². The number of ether oxygens (including phenoxy) is 1. The highest BCUT2D eigenvalue weighted by Crippen LogP contribution is 2.72. The summed E-state index contributed by atoms with van der Waals surface area (Å²) in [6.07, 6.45) is 4.54. The van der Waals surface area contributed by atoms with E-state index in [1.165, 1.54) is 13.8 Å². The van der Waals surface area contributed by atoms with Gasteiger partial charge in [-0.05, 0) is 63.4 Å². The summed E-state index contributed by atoms with van der Waals surface area (Å²) in [5.74, 6) is -0.441. The molecule has 3 fully saturated rings. The molecule has 29 heavy (non-hydrogen) atoms. The molecule has 7 atom stereocenters. The Morgan fingerprint density at radius 1 is 1.14 bits per heavy atom. The number of ketones is 2. The van der Waals surface area contributed by atoms with Crippen LogP contribution in [-0.4, -0.2) is 33.6 Å². The lowest BCUT2D eigenvalue weighted by Gasteiger charge is -2.64. The number of allylic oxidation sites excluding steroid dienone is 1. The first kappa shape index (κ1) is 21.2. The summed E-state index contributed by atoms with van der Waals surface area (Å²) in [4.78, 5) is 36.7. The van der Waals surface area contributed by atoms with Gasteiger partial charge in [0.15, 0.2) is 17.2 Å². The summed E-state index contributed by atoms with van der Waals surface area (Å²) in [6, 6.07) is 0. The van der Waals surface area contributed by atoms with E-state index in [4.69, 9.17) is 4.74 Å². The van der Waals surface area contributed by atoms with Crippen molar-refractivity contribution in [3.8, 4) is 0 Å². The fourth-order valence-electron chi connectivity index (χ4n) is 7.56. The monoisotopic (exact) mass is 468 g/mol. The van der Waals surface area contributed by atoms with Crippen LogP contribution in [0.5, 0.6) is 0 Å². The summed E-state index contributed by atoms with van der Waals surface area (Å²) in [5.41, 5.74) is -1.34. The second-order valence-electron chi connectivity index (χ2n) is 10.1. The van der Waals surface area contributed by atoms with Gasteiger partial charge in [0.05, 0.1) is 4.32 Å². The molecule has 3 saturated carbocycles. The number of carbonyl (C=O) groups excluding carboxylic acids is 3. The maximum absolute atomic E-state index is 16.2. The SMILES string of the molecule is CC(=O)O[C@]1(C(C)=O)CC[C@H]2[C@@H]3CCC4=CC(=O)CC[C@]4(C)[C@@]3(Br)C(F)C[C@@]21C. The number of fused-ring (bicyclic) bond motifs is 5. The number of rotatable bonds is 2. The van der Waals surface area contributed by atoms with Crippen molar-refractivity contribution in [2.24, 2.45) is 22.7 Å². The minimum Gasteiger partial charge on any atom is -0.451 e. The lowest BCUT2D eigenvalue weighted by atomic mass is 9.45. The molecule has 0 spiro atoms. The van der Waals surface area contributed by atoms with Gasteiger partial charge in [0, 0.05) is 24.2 Å². The topological polar surface area (TPSA) is 60.4 Å². The number of carbonyl (C=O) groups is 3. The third kappa shape index (κ3) is 2.50. The molecule has 6 heteroatoms. The fraction of sp³-hybridized carbons (Fsp3) is 0.783. The van der Waals surface area contributed by atoms with Gasteiger partial charge in [0.25, 0.3) is 0 Å². The first-order valence-electron chi connectivity index (χ1n) is 10.7. The molecule has 4 aliphatic rings. The molecule has 160 valence electrons. The van der Waals surface area contributed by atoms with Gasteiger partial charge in [-0.25, -0.2) is 4.39 Å². The van der Waals surface area contributed by atoms with Crippen LogP contribution in [0.3, 0.4) is 0 Å². The van der Waals surface area contributed by atoms with Gasteiger partial charge in [-0.3, -0.25) is 14.4 Å². The zero-order valence-electron chi connectivity index (χ0n) is 17.6. The van der Waals surface area contributed by atoms with Crippen LogP contribution in [0.4, 0.5) is 4.39 Å². The number of esters is 1. The molecule has 0 bridgehead atoms. The third-order valence-electron chi connectivity index (χ3n) is 9.01. The molecule has 0 heterocycles. The Morgan fingerprint density at radius 2 is 1.83 bits per heavy atom. The number of hydrogen-bond donors (Lipinski definition) is 0. The van der Waals surface area contributed by atoms with Crippen LogP contribution in [0.2, 0.25) is 0 Å². The van der Waals surface area contributed by atoms with Gasteiger partial charge < -0.3 is 4.74 Å². The molecule has 4 rings (SSSR count). The third-order valence-corrected chi connectivity index (χ3v) is 11.0. The van der Waals surface area contributed by atoms with Crippen molar-refractivity contribution in [1.82, 2.24) is 0 Å². The molecule has 0 aromatic rings. The molecule has 0 amide bonds. The molecule has 0 aliphatic heterocycles. The molecule has 4 aliphatic carbocycles. The number of alkyl halides is 2. The summed E-state index contributed by atoms with van der Waals surface area (Å²) in [6.45, 7) is 6.84. The largest absolute Gasteiger partial charge is 0.451 e. The van der Waals surface area contributed by atoms with Crippen LogP contribution in [-0.2, 0) is 19.1 Å². The van der Waals surface area contributed by atoms with Crippen molar-refractivity contribution < 1.29 is 23.5 Å². The van der Waals surface area contributed by atoms with Crippen molar-refractivity contribution in [2.75, 3.05) is 0 Å². The van der Waals surface area contributed by atoms with E-state index >= 15 is 4.39 Å². The predicted octanol–water partition coefficient (Wildman–Crippen LogP) is 4.87. The van der Waals surface area contributed by atoms with Gasteiger partial charge in [0.2, 0.25) is 0 Å². The van der Waals surface area contributed by atoms with Crippen molar-refractivity contribution in [2.45, 2.75) is 88.7 Å². The Balaban J connectivity index is 1.81. The smallest absolute Gasteiger partial charge is 0.303 e. The van der Waals surface area contributed by atoms with E-state index in [1.54, 1.807) is 6.08 Å². The molecular formula is C23H30BrFO4. The second-order valence-corrected chi connectivity index (χ2v) is 11.4. The van der Waals surface area contributed by atoms with E-state index in [2.05, 4.69) is 22.9 Å². The van der Waals surface area contributed by atoms with Crippen LogP contribution in [0.15, 0.2) is 11.6 Å². The molecule has 0 N–H and O–H groups in total. The minimum atomic E-state index is -1.25. The van der Waals surface area contributed by atoms with Crippen molar-refractivity contribution in [3.63, 3.8) is 0 Å². The lowest BCUT2D eigenvalue weighted by molar-refractivity contribution is -0.190. The zero-order chi connectivity index (χ0) is 21.4. The molecule has 0 aromatic heterocycles. The number of halogens is 2. The Labute approximate surface area is 180 Å². The van der Waals surface area contributed by atoms with E-state index in [1.807, 2.05) is 6.92 Å². The molecule has 0 saturated heterocycles. The maximum Gasteiger partial charge on any atom is 0.303 e. The van der Waals surface area contributed by atoms with E-state index in [0.29, 0.717) is 19.3 Å². The van der Waals surface area contributed by atoms with Gasteiger partial charge >= 0.3 is 5.97 Å². The van der Waals surface area contributed by atoms with Crippen LogP contribution in [0.25, 0.3) is 0 Å². The standard InChI is InChI=1S/C23H30BrFO4/c1-13(26)22(29-14(2)27)10-8-17-18-6-5-15-11-16(28)7-9-20(15,3)23(18,24)19(25)12-21(17,22)4/h11,17-19H,5-10,12H2,1-4H3/t17-,18-,19?,20-,21-,22-,23-/m0/s1. The number of Topliss-reactive ketones (excluding diaryl/α,β-unsaturated/α-hetero) is 1. The Kier molecular flexibility index (Phi) is 4.74. The molecule has 4 nitrogen and oxygen atoms in total. The Hall–Kier alpha value is -1.04. The second kappa shape index (κ2) is 6.48. The zero-order valence-corrected chi connectivity index (χ0v) is 19.2. The van der Waals surface area contributed by atoms with Crippen LogP contribution >= 0.6 is 15.9 Å². The van der Waals surface area contributed by atoms with Gasteiger partial charge in [-0.15, -0.1) is 0 Å². The summed E-state index contributed by atoms with van der Waals surface area (Å²) in [7, 11) is 0. The summed E-state index contributed by atoms with van der Waals surface area (Å²) < 4.78 is 21.2. The summed E-state index contributed by atoms with van der Waals surface area (Å²) >= 11 is 3.92. The quantitative estimate of drug-likeness (QED) is 0.428. The Bertz CT molecular complexity index is 824. The van der Waals surface area contributed by atoms with Crippen molar-refractivity contribution in [3.05, 3.63) is 11.6 Å². The lowest BCUT2D eigenvalue weighted by Crippen LogP contribution is -2.68. The minimum absolute atomic E-state index is 0.0170. The fourth-order valence-corrected chi connectivity index (χ4v) is 8.72. The molecule has 0 aromatic carbocycles. The van der Waals surface area contributed by atoms with E-state index < -0.39 is 32.9 Å². The normalized spacial score (nSPS) is 48.8. The highest BCUT2D eigenvalue weighted by atomic mass is 79.9. The van der Waals surface area contributed by atoms with Crippen LogP contribution in [0.1, 0.15) is 72.6 Å². The average Bonchev–Trinajstić information content (AvgIpc) is 2.90. The first-order chi connectivity index (χ1) is 13.4. The van der Waals surface area contributed by atoms with Gasteiger partial charge in [-0.1, -0.05) is 35.4 Å².